The van der Waals surface area contributed by atoms with Crippen molar-refractivity contribution in [1.29, 1.82) is 0 Å². The Labute approximate surface area is 234 Å². The van der Waals surface area contributed by atoms with Gasteiger partial charge in [0.05, 0.1) is 18.9 Å². The predicted molar refractivity (Wildman–Crippen MR) is 145 cm³/mol. The number of urea groups is 1. The van der Waals surface area contributed by atoms with Gasteiger partial charge in [-0.3, -0.25) is 4.98 Å². The van der Waals surface area contributed by atoms with Crippen LogP contribution in [0.1, 0.15) is 30.5 Å². The summed E-state index contributed by atoms with van der Waals surface area (Å²) in [4.78, 5) is 24.9. The first-order chi connectivity index (χ1) is 19.6. The molecule has 2 amide bonds. The summed E-state index contributed by atoms with van der Waals surface area (Å²) in [6.45, 7) is 4.53. The molecule has 7 nitrogen and oxygen atoms in total. The standard InChI is InChI=1S/C29H30F5N5O2/c1-18-2-3-22(36-28(40)39-7-5-19(17-39)16-29(32,33)34)15-23(18)21-13-24(20-4-6-35-25(12-20)27(30)31)37-26(14-21)38-8-10-41-11-9-38/h2-4,6,12-15,19,27H,5,7-11,16-17H2,1H3,(H,36,40). The van der Waals surface area contributed by atoms with Gasteiger partial charge in [-0.25, -0.2) is 18.6 Å². The predicted octanol–water partition coefficient (Wildman–Crippen LogP) is 6.70. The molecule has 0 spiro atoms. The Morgan fingerprint density at radius 3 is 2.59 bits per heavy atom. The van der Waals surface area contributed by atoms with Crippen LogP contribution in [-0.2, 0) is 4.74 Å². The molecule has 4 heterocycles. The quantitative estimate of drug-likeness (QED) is 0.332. The number of morpholine rings is 1. The van der Waals surface area contributed by atoms with Crippen LogP contribution in [-0.4, -0.2) is 66.5 Å². The van der Waals surface area contributed by atoms with Crippen LogP contribution in [0.3, 0.4) is 0 Å². The number of halogens is 5. The minimum atomic E-state index is -4.26. The van der Waals surface area contributed by atoms with E-state index in [4.69, 9.17) is 9.72 Å². The minimum absolute atomic E-state index is 0.0488. The van der Waals surface area contributed by atoms with Crippen LogP contribution in [0.15, 0.2) is 48.7 Å². The highest BCUT2D eigenvalue weighted by molar-refractivity contribution is 5.91. The van der Waals surface area contributed by atoms with Crippen molar-refractivity contribution < 1.29 is 31.5 Å². The molecule has 2 fully saturated rings. The fourth-order valence-electron chi connectivity index (χ4n) is 5.23. The lowest BCUT2D eigenvalue weighted by atomic mass is 9.98. The van der Waals surface area contributed by atoms with Gasteiger partial charge in [0.2, 0.25) is 0 Å². The van der Waals surface area contributed by atoms with Gasteiger partial charge in [-0.1, -0.05) is 6.07 Å². The van der Waals surface area contributed by atoms with Gasteiger partial charge >= 0.3 is 12.2 Å². The first kappa shape index (κ1) is 28.7. The van der Waals surface area contributed by atoms with Crippen LogP contribution in [0.4, 0.5) is 38.3 Å². The van der Waals surface area contributed by atoms with Crippen molar-refractivity contribution in [2.45, 2.75) is 32.4 Å². The number of rotatable bonds is 6. The lowest BCUT2D eigenvalue weighted by Gasteiger charge is -2.28. The SMILES string of the molecule is Cc1ccc(NC(=O)N2CCC(CC(F)(F)F)C2)cc1-c1cc(-c2ccnc(C(F)F)c2)nc(N2CCOCC2)c1. The van der Waals surface area contributed by atoms with E-state index in [2.05, 4.69) is 15.2 Å². The average molecular weight is 576 g/mol. The zero-order valence-corrected chi connectivity index (χ0v) is 22.4. The zero-order chi connectivity index (χ0) is 29.1. The number of nitrogens with one attached hydrogen (secondary N) is 1. The largest absolute Gasteiger partial charge is 0.389 e. The number of nitrogens with zero attached hydrogens (tertiary/aromatic N) is 4. The van der Waals surface area contributed by atoms with Crippen molar-refractivity contribution in [2.24, 2.45) is 5.92 Å². The number of amides is 2. The lowest BCUT2D eigenvalue weighted by molar-refractivity contribution is -0.143. The van der Waals surface area contributed by atoms with Crippen LogP contribution in [0.2, 0.25) is 0 Å². The fraction of sp³-hybridized carbons (Fsp3) is 0.414. The molecule has 2 aromatic heterocycles. The van der Waals surface area contributed by atoms with E-state index in [-0.39, 0.29) is 18.8 Å². The first-order valence-corrected chi connectivity index (χ1v) is 13.4. The van der Waals surface area contributed by atoms with Gasteiger partial charge < -0.3 is 19.9 Å². The normalized spacial score (nSPS) is 17.8. The number of aryl methyl sites for hydroxylation is 1. The van der Waals surface area contributed by atoms with E-state index < -0.39 is 31.0 Å². The lowest BCUT2D eigenvalue weighted by Crippen LogP contribution is -2.36. The molecule has 0 bridgehead atoms. The molecule has 2 aliphatic rings. The van der Waals surface area contributed by atoms with Gasteiger partial charge in [0.1, 0.15) is 11.5 Å². The van der Waals surface area contributed by atoms with E-state index in [0.29, 0.717) is 55.5 Å². The van der Waals surface area contributed by atoms with E-state index >= 15 is 0 Å². The van der Waals surface area contributed by atoms with E-state index in [1.165, 1.54) is 17.2 Å². The van der Waals surface area contributed by atoms with Crippen LogP contribution in [0.25, 0.3) is 22.4 Å². The Morgan fingerprint density at radius 1 is 1.07 bits per heavy atom. The van der Waals surface area contributed by atoms with Crippen molar-refractivity contribution in [3.63, 3.8) is 0 Å². The summed E-state index contributed by atoms with van der Waals surface area (Å²) in [5.41, 5.74) is 3.61. The third-order valence-corrected chi connectivity index (χ3v) is 7.34. The van der Waals surface area contributed by atoms with Crippen molar-refractivity contribution in [3.8, 4) is 22.4 Å². The number of carbonyl (C=O) groups excluding carboxylic acids is 1. The van der Waals surface area contributed by atoms with E-state index in [1.54, 1.807) is 18.2 Å². The Balaban J connectivity index is 1.44. The number of hydrogen-bond acceptors (Lipinski definition) is 5. The van der Waals surface area contributed by atoms with E-state index in [9.17, 15) is 26.7 Å². The third kappa shape index (κ3) is 7.10. The summed E-state index contributed by atoms with van der Waals surface area (Å²) in [6.07, 6.45) is -6.25. The van der Waals surface area contributed by atoms with Crippen molar-refractivity contribution in [1.82, 2.24) is 14.9 Å². The van der Waals surface area contributed by atoms with Crippen molar-refractivity contribution >= 4 is 17.5 Å². The topological polar surface area (TPSA) is 70.6 Å². The summed E-state index contributed by atoms with van der Waals surface area (Å²) >= 11 is 0. The molecule has 218 valence electrons. The Morgan fingerprint density at radius 2 is 1.85 bits per heavy atom. The third-order valence-electron chi connectivity index (χ3n) is 7.34. The molecule has 5 rings (SSSR count). The molecule has 1 atom stereocenters. The van der Waals surface area contributed by atoms with Gasteiger partial charge in [-0.2, -0.15) is 13.2 Å². The molecule has 1 unspecified atom stereocenters. The number of aromatic nitrogens is 2. The molecule has 0 radical (unpaired) electrons. The fourth-order valence-corrected chi connectivity index (χ4v) is 5.23. The maximum Gasteiger partial charge on any atom is 0.389 e. The van der Waals surface area contributed by atoms with Crippen molar-refractivity contribution in [3.05, 3.63) is 59.9 Å². The molecule has 2 aliphatic heterocycles. The molecule has 1 aromatic carbocycles. The number of likely N-dealkylation sites (tertiary alicyclic amines) is 1. The number of anilines is 2. The second kappa shape index (κ2) is 12.0. The van der Waals surface area contributed by atoms with Gasteiger partial charge in [0.25, 0.3) is 6.43 Å². The number of alkyl halides is 5. The highest BCUT2D eigenvalue weighted by atomic mass is 19.4. The highest BCUT2D eigenvalue weighted by Crippen LogP contribution is 2.34. The summed E-state index contributed by atoms with van der Waals surface area (Å²) in [5.74, 6) is 0.0553. The average Bonchev–Trinajstić information content (AvgIpc) is 3.41. The molecule has 2 saturated heterocycles. The molecule has 41 heavy (non-hydrogen) atoms. The second-order valence-corrected chi connectivity index (χ2v) is 10.3. The number of carbonyl (C=O) groups is 1. The summed E-state index contributed by atoms with van der Waals surface area (Å²) in [7, 11) is 0. The smallest absolute Gasteiger partial charge is 0.378 e. The number of benzene rings is 1. The number of hydrogen-bond donors (Lipinski definition) is 1. The Kier molecular flexibility index (Phi) is 8.39. The first-order valence-electron chi connectivity index (χ1n) is 13.4. The summed E-state index contributed by atoms with van der Waals surface area (Å²) < 4.78 is 70.6. The van der Waals surface area contributed by atoms with Crippen LogP contribution >= 0.6 is 0 Å². The van der Waals surface area contributed by atoms with Gasteiger partial charge in [-0.15, -0.1) is 0 Å². The molecular formula is C29H30F5N5O2. The van der Waals surface area contributed by atoms with Gasteiger partial charge in [-0.05, 0) is 72.4 Å². The van der Waals surface area contributed by atoms with E-state index in [0.717, 1.165) is 16.7 Å². The Hall–Kier alpha value is -3.80. The number of ether oxygens (including phenoxy) is 1. The Bertz CT molecular complexity index is 1390. The monoisotopic (exact) mass is 575 g/mol. The molecule has 0 saturated carbocycles. The van der Waals surface area contributed by atoms with Crippen LogP contribution in [0.5, 0.6) is 0 Å². The molecular weight excluding hydrogens is 545 g/mol. The second-order valence-electron chi connectivity index (χ2n) is 10.3. The molecule has 3 aromatic rings. The highest BCUT2D eigenvalue weighted by Gasteiger charge is 2.36. The number of pyridine rings is 2. The van der Waals surface area contributed by atoms with Crippen molar-refractivity contribution in [2.75, 3.05) is 49.6 Å². The summed E-state index contributed by atoms with van der Waals surface area (Å²) in [6, 6.07) is 11.6. The van der Waals surface area contributed by atoms with Gasteiger partial charge in [0, 0.05) is 50.0 Å². The minimum Gasteiger partial charge on any atom is -0.378 e. The summed E-state index contributed by atoms with van der Waals surface area (Å²) in [5, 5.41) is 2.82. The maximum absolute atomic E-state index is 13.4. The molecule has 0 aliphatic carbocycles. The van der Waals surface area contributed by atoms with E-state index in [1.807, 2.05) is 25.1 Å². The van der Waals surface area contributed by atoms with Gasteiger partial charge in [0.15, 0.2) is 0 Å². The van der Waals surface area contributed by atoms with Crippen LogP contribution < -0.4 is 10.2 Å². The zero-order valence-electron chi connectivity index (χ0n) is 22.4. The maximum atomic E-state index is 13.4. The molecule has 1 N–H and O–H groups in total. The molecule has 12 heteroatoms. The van der Waals surface area contributed by atoms with Crippen LogP contribution in [0, 0.1) is 12.8 Å².